The molecule has 146 valence electrons. The minimum absolute atomic E-state index is 0.0226. The van der Waals surface area contributed by atoms with E-state index in [2.05, 4.69) is 10.2 Å². The van der Waals surface area contributed by atoms with Crippen LogP contribution in [0.2, 0.25) is 0 Å². The maximum absolute atomic E-state index is 12.6. The van der Waals surface area contributed by atoms with Crippen LogP contribution in [0.5, 0.6) is 5.75 Å². The number of nitrogens with zero attached hydrogens (tertiary/aromatic N) is 3. The molecule has 10 heteroatoms. The van der Waals surface area contributed by atoms with Crippen LogP contribution < -0.4 is 4.74 Å². The van der Waals surface area contributed by atoms with Crippen molar-refractivity contribution in [2.24, 2.45) is 0 Å². The molecule has 1 aromatic carbocycles. The predicted octanol–water partition coefficient (Wildman–Crippen LogP) is 1.87. The van der Waals surface area contributed by atoms with Crippen LogP contribution >= 0.6 is 11.8 Å². The van der Waals surface area contributed by atoms with E-state index < -0.39 is 15.1 Å². The molecular formula is C17H21N3O5S2. The number of rotatable bonds is 6. The lowest BCUT2D eigenvalue weighted by atomic mass is 10.2. The molecule has 1 amide bonds. The van der Waals surface area contributed by atoms with Gasteiger partial charge in [-0.2, -0.15) is 0 Å². The Labute approximate surface area is 162 Å². The Morgan fingerprint density at radius 2 is 2.04 bits per heavy atom. The van der Waals surface area contributed by atoms with Gasteiger partial charge in [0.1, 0.15) is 5.75 Å². The molecule has 2 aromatic rings. The highest BCUT2D eigenvalue weighted by Gasteiger charge is 2.34. The molecule has 27 heavy (non-hydrogen) atoms. The number of hydrogen-bond donors (Lipinski definition) is 0. The van der Waals surface area contributed by atoms with Crippen LogP contribution in [-0.2, 0) is 14.6 Å². The average molecular weight is 412 g/mol. The van der Waals surface area contributed by atoms with E-state index in [4.69, 9.17) is 9.15 Å². The summed E-state index contributed by atoms with van der Waals surface area (Å²) >= 11 is 1.16. The van der Waals surface area contributed by atoms with Gasteiger partial charge < -0.3 is 14.1 Å². The smallest absolute Gasteiger partial charge is 0.277 e. The third-order valence-electron chi connectivity index (χ3n) is 4.47. The fraction of sp³-hybridized carbons (Fsp3) is 0.471. The van der Waals surface area contributed by atoms with Crippen molar-refractivity contribution in [1.29, 1.82) is 0 Å². The fourth-order valence-electron chi connectivity index (χ4n) is 2.86. The second-order valence-corrected chi connectivity index (χ2v) is 9.89. The summed E-state index contributed by atoms with van der Waals surface area (Å²) in [6, 6.07) is 6.93. The minimum atomic E-state index is -3.04. The van der Waals surface area contributed by atoms with E-state index in [0.717, 1.165) is 23.1 Å². The minimum Gasteiger partial charge on any atom is -0.497 e. The zero-order chi connectivity index (χ0) is 19.6. The Bertz CT molecular complexity index is 911. The van der Waals surface area contributed by atoms with Gasteiger partial charge >= 0.3 is 0 Å². The molecule has 0 bridgehead atoms. The summed E-state index contributed by atoms with van der Waals surface area (Å²) in [6.45, 7) is 1.74. The fourth-order valence-corrected chi connectivity index (χ4v) is 5.42. The Balaban J connectivity index is 1.63. The van der Waals surface area contributed by atoms with Gasteiger partial charge in [0.2, 0.25) is 11.8 Å². The van der Waals surface area contributed by atoms with Crippen molar-refractivity contribution < 1.29 is 22.4 Å². The van der Waals surface area contributed by atoms with E-state index in [1.165, 1.54) is 4.90 Å². The summed E-state index contributed by atoms with van der Waals surface area (Å²) in [5, 5.41) is 7.82. The summed E-state index contributed by atoms with van der Waals surface area (Å²) in [5.74, 6) is 1.07. The van der Waals surface area contributed by atoms with Crippen LogP contribution in [-0.4, -0.2) is 66.4 Å². The molecule has 1 aromatic heterocycles. The number of hydrogen-bond acceptors (Lipinski definition) is 8. The number of ether oxygens (including phenoxy) is 1. The van der Waals surface area contributed by atoms with Crippen LogP contribution in [0, 0.1) is 0 Å². The zero-order valence-corrected chi connectivity index (χ0v) is 16.9. The molecule has 1 aliphatic rings. The van der Waals surface area contributed by atoms with Crippen LogP contribution in [0.25, 0.3) is 11.5 Å². The summed E-state index contributed by atoms with van der Waals surface area (Å²) in [6.07, 6.45) is 0.476. The van der Waals surface area contributed by atoms with Crippen LogP contribution in [0.4, 0.5) is 0 Å². The molecule has 0 spiro atoms. The highest BCUT2D eigenvalue weighted by molar-refractivity contribution is 8.00. The lowest BCUT2D eigenvalue weighted by molar-refractivity contribution is -0.130. The van der Waals surface area contributed by atoms with E-state index in [0.29, 0.717) is 12.3 Å². The standard InChI is InChI=1S/C17H21N3O5S2/c1-11(16(21)20(2)13-8-9-27(22,23)10-13)26-17-19-18-15(25-17)12-4-6-14(24-3)7-5-12/h4-7,11,13H,8-10H2,1-3H3/t11-,13-/m1/s1. The second kappa shape index (κ2) is 7.89. The van der Waals surface area contributed by atoms with E-state index in [9.17, 15) is 13.2 Å². The van der Waals surface area contributed by atoms with Crippen molar-refractivity contribution in [1.82, 2.24) is 15.1 Å². The molecule has 0 saturated carbocycles. The summed E-state index contributed by atoms with van der Waals surface area (Å²) < 4.78 is 34.0. The van der Waals surface area contributed by atoms with E-state index in [1.54, 1.807) is 33.2 Å². The highest BCUT2D eigenvalue weighted by atomic mass is 32.2. The normalized spacial score (nSPS) is 19.6. The Hall–Kier alpha value is -2.07. The van der Waals surface area contributed by atoms with Gasteiger partial charge in [0.25, 0.3) is 5.22 Å². The van der Waals surface area contributed by atoms with Gasteiger partial charge in [0.15, 0.2) is 9.84 Å². The maximum atomic E-state index is 12.6. The molecule has 0 radical (unpaired) electrons. The van der Waals surface area contributed by atoms with Gasteiger partial charge in [-0.25, -0.2) is 8.42 Å². The third-order valence-corrected chi connectivity index (χ3v) is 7.14. The van der Waals surface area contributed by atoms with Gasteiger partial charge in [-0.05, 0) is 37.6 Å². The number of aromatic nitrogens is 2. The molecule has 0 N–H and O–H groups in total. The third kappa shape index (κ3) is 4.62. The first-order valence-electron chi connectivity index (χ1n) is 8.41. The zero-order valence-electron chi connectivity index (χ0n) is 15.3. The number of sulfone groups is 1. The van der Waals surface area contributed by atoms with Crippen molar-refractivity contribution in [2.45, 2.75) is 29.9 Å². The van der Waals surface area contributed by atoms with Crippen molar-refractivity contribution in [3.63, 3.8) is 0 Å². The first kappa shape index (κ1) is 19.7. The molecular weight excluding hydrogens is 390 g/mol. The maximum Gasteiger partial charge on any atom is 0.277 e. The quantitative estimate of drug-likeness (QED) is 0.664. The Morgan fingerprint density at radius 1 is 1.33 bits per heavy atom. The number of carbonyl (C=O) groups excluding carboxylic acids is 1. The lowest BCUT2D eigenvalue weighted by Gasteiger charge is -2.25. The Kier molecular flexibility index (Phi) is 5.75. The summed E-state index contributed by atoms with van der Waals surface area (Å²) in [7, 11) is 0.189. The first-order valence-corrected chi connectivity index (χ1v) is 11.1. The molecule has 2 atom stereocenters. The van der Waals surface area contributed by atoms with Gasteiger partial charge in [-0.15, -0.1) is 10.2 Å². The van der Waals surface area contributed by atoms with E-state index in [1.807, 2.05) is 12.1 Å². The topological polar surface area (TPSA) is 103 Å². The van der Waals surface area contributed by atoms with Crippen molar-refractivity contribution in [3.05, 3.63) is 24.3 Å². The second-order valence-electron chi connectivity index (χ2n) is 6.37. The number of thioether (sulfide) groups is 1. The van der Waals surface area contributed by atoms with Gasteiger partial charge in [-0.3, -0.25) is 4.79 Å². The highest BCUT2D eigenvalue weighted by Crippen LogP contribution is 2.28. The average Bonchev–Trinajstić information content (AvgIpc) is 3.26. The number of amides is 1. The molecule has 1 saturated heterocycles. The van der Waals surface area contributed by atoms with Crippen molar-refractivity contribution in [3.8, 4) is 17.2 Å². The molecule has 2 heterocycles. The van der Waals surface area contributed by atoms with Crippen LogP contribution in [0.15, 0.2) is 33.9 Å². The monoisotopic (exact) mass is 411 g/mol. The summed E-state index contributed by atoms with van der Waals surface area (Å²) in [5.41, 5.74) is 0.752. The largest absolute Gasteiger partial charge is 0.497 e. The molecule has 0 unspecified atom stereocenters. The molecule has 1 aliphatic heterocycles. The number of benzene rings is 1. The van der Waals surface area contributed by atoms with Crippen molar-refractivity contribution >= 4 is 27.5 Å². The summed E-state index contributed by atoms with van der Waals surface area (Å²) in [4.78, 5) is 14.1. The predicted molar refractivity (Wildman–Crippen MR) is 101 cm³/mol. The van der Waals surface area contributed by atoms with Crippen molar-refractivity contribution in [2.75, 3.05) is 25.7 Å². The van der Waals surface area contributed by atoms with Gasteiger partial charge in [0, 0.05) is 18.7 Å². The van der Waals surface area contributed by atoms with Crippen LogP contribution in [0.3, 0.4) is 0 Å². The van der Waals surface area contributed by atoms with Gasteiger partial charge in [0.05, 0.1) is 23.9 Å². The molecule has 1 fully saturated rings. The van der Waals surface area contributed by atoms with E-state index >= 15 is 0 Å². The SMILES string of the molecule is COc1ccc(-c2nnc(S[C@H](C)C(=O)N(C)[C@@H]3CCS(=O)(=O)C3)o2)cc1. The Morgan fingerprint density at radius 3 is 2.63 bits per heavy atom. The van der Waals surface area contributed by atoms with Gasteiger partial charge in [-0.1, -0.05) is 11.8 Å². The molecule has 0 aliphatic carbocycles. The number of carbonyl (C=O) groups is 1. The van der Waals surface area contributed by atoms with Crippen LogP contribution in [0.1, 0.15) is 13.3 Å². The van der Waals surface area contributed by atoms with E-state index in [-0.39, 0.29) is 28.7 Å². The lowest BCUT2D eigenvalue weighted by Crippen LogP contribution is -2.41. The molecule has 3 rings (SSSR count). The molecule has 8 nitrogen and oxygen atoms in total. The first-order chi connectivity index (χ1) is 12.8. The number of methoxy groups -OCH3 is 1.